The van der Waals surface area contributed by atoms with Crippen molar-refractivity contribution < 1.29 is 4.39 Å². The zero-order valence-electron chi connectivity index (χ0n) is 14.6. The molecule has 1 heterocycles. The fourth-order valence-corrected chi connectivity index (χ4v) is 3.10. The minimum Gasteiger partial charge on any atom is -0.306 e. The molecular weight excluding hydrogens is 303 g/mol. The van der Waals surface area contributed by atoms with E-state index >= 15 is 0 Å². The summed E-state index contributed by atoms with van der Waals surface area (Å²) in [4.78, 5) is 10.7. The predicted octanol–water partition coefficient (Wildman–Crippen LogP) is 3.22. The summed E-state index contributed by atoms with van der Waals surface area (Å²) in [6.07, 6.45) is 4.09. The van der Waals surface area contributed by atoms with Gasteiger partial charge >= 0.3 is 0 Å². The van der Waals surface area contributed by atoms with Gasteiger partial charge in [0.1, 0.15) is 5.82 Å². The van der Waals surface area contributed by atoms with Crippen LogP contribution in [0.3, 0.4) is 0 Å². The number of nitrogens with zero attached hydrogens (tertiary/aromatic N) is 3. The first-order chi connectivity index (χ1) is 11.6. The summed E-state index contributed by atoms with van der Waals surface area (Å²) in [6, 6.07) is 6.65. The van der Waals surface area contributed by atoms with Gasteiger partial charge in [0.2, 0.25) is 0 Å². The molecule has 0 amide bonds. The molecule has 5 heteroatoms. The van der Waals surface area contributed by atoms with Crippen molar-refractivity contribution in [2.75, 3.05) is 33.4 Å². The summed E-state index contributed by atoms with van der Waals surface area (Å²) in [6.45, 7) is 9.16. The lowest BCUT2D eigenvalue weighted by molar-refractivity contribution is 0.207. The molecular formula is C19H27FN4. The van der Waals surface area contributed by atoms with E-state index in [1.165, 1.54) is 25.5 Å². The Balaban J connectivity index is 1.94. The van der Waals surface area contributed by atoms with Crippen LogP contribution in [0.5, 0.6) is 0 Å². The number of hydrogen-bond acceptors (Lipinski definition) is 4. The van der Waals surface area contributed by atoms with Crippen LogP contribution < -0.4 is 5.32 Å². The zero-order valence-corrected chi connectivity index (χ0v) is 14.6. The predicted molar refractivity (Wildman–Crippen MR) is 100 cm³/mol. The van der Waals surface area contributed by atoms with Crippen molar-refractivity contribution in [3.05, 3.63) is 41.8 Å². The van der Waals surface area contributed by atoms with Gasteiger partial charge in [-0.1, -0.05) is 18.2 Å². The monoisotopic (exact) mass is 330 g/mol. The largest absolute Gasteiger partial charge is 0.306 e. The van der Waals surface area contributed by atoms with Crippen molar-refractivity contribution in [2.24, 2.45) is 15.9 Å². The summed E-state index contributed by atoms with van der Waals surface area (Å²) in [5, 5.41) is 3.39. The summed E-state index contributed by atoms with van der Waals surface area (Å²) in [5.74, 6) is 0.399. The van der Waals surface area contributed by atoms with Gasteiger partial charge in [0.25, 0.3) is 0 Å². The highest BCUT2D eigenvalue weighted by Crippen LogP contribution is 2.20. The van der Waals surface area contributed by atoms with Crippen molar-refractivity contribution in [1.29, 1.82) is 0 Å². The summed E-state index contributed by atoms with van der Waals surface area (Å²) >= 11 is 0. The molecule has 1 aliphatic rings. The first-order valence-electron chi connectivity index (χ1n) is 8.43. The fraction of sp³-hybridized carbons (Fsp3) is 0.474. The number of piperidine rings is 1. The second-order valence-corrected chi connectivity index (χ2v) is 6.33. The molecule has 1 fully saturated rings. The van der Waals surface area contributed by atoms with Gasteiger partial charge in [0.15, 0.2) is 0 Å². The Morgan fingerprint density at radius 2 is 2.25 bits per heavy atom. The number of benzene rings is 1. The SMILES string of the molecule is C=N/C=C(\C(C)=NCNCC1CCCN(C)C1)c1ccccc1F. The lowest BCUT2D eigenvalue weighted by Crippen LogP contribution is -2.37. The third-order valence-electron chi connectivity index (χ3n) is 4.36. The molecule has 2 rings (SSSR count). The van der Waals surface area contributed by atoms with E-state index in [2.05, 4.69) is 34.0 Å². The second-order valence-electron chi connectivity index (χ2n) is 6.33. The second kappa shape index (κ2) is 9.45. The number of allylic oxidation sites excluding steroid dienone is 1. The molecule has 0 aromatic heterocycles. The van der Waals surface area contributed by atoms with E-state index in [0.29, 0.717) is 23.7 Å². The first kappa shape index (κ1) is 18.5. The van der Waals surface area contributed by atoms with E-state index in [-0.39, 0.29) is 5.82 Å². The Hall–Kier alpha value is -1.85. The van der Waals surface area contributed by atoms with Crippen LogP contribution in [-0.2, 0) is 0 Å². The molecule has 24 heavy (non-hydrogen) atoms. The molecule has 1 N–H and O–H groups in total. The topological polar surface area (TPSA) is 40.0 Å². The van der Waals surface area contributed by atoms with Crippen LogP contribution in [0.2, 0.25) is 0 Å². The van der Waals surface area contributed by atoms with Crippen molar-refractivity contribution in [3.8, 4) is 0 Å². The van der Waals surface area contributed by atoms with Crippen LogP contribution in [0.4, 0.5) is 4.39 Å². The summed E-state index contributed by atoms with van der Waals surface area (Å²) in [7, 11) is 2.17. The third kappa shape index (κ3) is 5.35. The Labute approximate surface area is 144 Å². The fourth-order valence-electron chi connectivity index (χ4n) is 3.10. The Morgan fingerprint density at radius 3 is 2.96 bits per heavy atom. The highest BCUT2D eigenvalue weighted by atomic mass is 19.1. The first-order valence-corrected chi connectivity index (χ1v) is 8.43. The van der Waals surface area contributed by atoms with Gasteiger partial charge in [-0.3, -0.25) is 15.3 Å². The highest BCUT2D eigenvalue weighted by Gasteiger charge is 2.16. The molecule has 1 saturated heterocycles. The van der Waals surface area contributed by atoms with Gasteiger partial charge in [-0.25, -0.2) is 4.39 Å². The molecule has 130 valence electrons. The maximum absolute atomic E-state index is 14.0. The number of rotatable bonds is 7. The molecule has 1 aromatic rings. The molecule has 0 spiro atoms. The zero-order chi connectivity index (χ0) is 17.4. The maximum atomic E-state index is 14.0. The van der Waals surface area contributed by atoms with E-state index in [0.717, 1.165) is 18.8 Å². The van der Waals surface area contributed by atoms with Gasteiger partial charge in [0.05, 0.1) is 6.67 Å². The average molecular weight is 330 g/mol. The summed E-state index contributed by atoms with van der Waals surface area (Å²) in [5.41, 5.74) is 1.92. The van der Waals surface area contributed by atoms with Gasteiger partial charge in [-0.05, 0) is 52.1 Å². The maximum Gasteiger partial charge on any atom is 0.131 e. The van der Waals surface area contributed by atoms with E-state index in [1.54, 1.807) is 24.4 Å². The molecule has 1 aliphatic heterocycles. The van der Waals surface area contributed by atoms with Crippen molar-refractivity contribution in [2.45, 2.75) is 19.8 Å². The molecule has 4 nitrogen and oxygen atoms in total. The van der Waals surface area contributed by atoms with Gasteiger partial charge in [0, 0.05) is 36.1 Å². The van der Waals surface area contributed by atoms with Crippen LogP contribution in [0, 0.1) is 11.7 Å². The molecule has 0 saturated carbocycles. The molecule has 1 atom stereocenters. The van der Waals surface area contributed by atoms with E-state index in [4.69, 9.17) is 0 Å². The Bertz CT molecular complexity index is 609. The third-order valence-corrected chi connectivity index (χ3v) is 4.36. The normalized spacial score (nSPS) is 20.2. The number of hydrogen-bond donors (Lipinski definition) is 1. The van der Waals surface area contributed by atoms with E-state index in [9.17, 15) is 4.39 Å². The molecule has 0 aliphatic carbocycles. The van der Waals surface area contributed by atoms with E-state index in [1.807, 2.05) is 6.92 Å². The summed E-state index contributed by atoms with van der Waals surface area (Å²) < 4.78 is 14.0. The van der Waals surface area contributed by atoms with Crippen LogP contribution in [0.1, 0.15) is 25.3 Å². The number of nitrogens with one attached hydrogen (secondary N) is 1. The minimum absolute atomic E-state index is 0.278. The van der Waals surface area contributed by atoms with Crippen LogP contribution in [-0.4, -0.2) is 50.7 Å². The molecule has 0 bridgehead atoms. The van der Waals surface area contributed by atoms with E-state index < -0.39 is 0 Å². The smallest absolute Gasteiger partial charge is 0.131 e. The van der Waals surface area contributed by atoms with Crippen LogP contribution in [0.25, 0.3) is 5.57 Å². The Kier molecular flexibility index (Phi) is 7.28. The van der Waals surface area contributed by atoms with Gasteiger partial charge in [-0.2, -0.15) is 0 Å². The van der Waals surface area contributed by atoms with Crippen LogP contribution in [0.15, 0.2) is 40.5 Å². The quantitative estimate of drug-likeness (QED) is 0.616. The lowest BCUT2D eigenvalue weighted by Gasteiger charge is -2.29. The lowest BCUT2D eigenvalue weighted by atomic mass is 9.99. The standard InChI is InChI=1S/C19H27FN4/c1-15(18(12-21-2)17-8-4-5-9-19(17)20)23-14-22-11-16-7-6-10-24(3)13-16/h4-5,8-9,12,16,22H,2,6-7,10-11,13-14H2,1,3H3/b18-12+,23-15?. The number of halogens is 1. The highest BCUT2D eigenvalue weighted by molar-refractivity contribution is 6.22. The van der Waals surface area contributed by atoms with Gasteiger partial charge in [-0.15, -0.1) is 0 Å². The average Bonchev–Trinajstić information content (AvgIpc) is 2.57. The van der Waals surface area contributed by atoms with Crippen molar-refractivity contribution >= 4 is 18.0 Å². The number of aliphatic imine (C=N–C) groups is 2. The molecule has 0 radical (unpaired) electrons. The van der Waals surface area contributed by atoms with Crippen LogP contribution >= 0.6 is 0 Å². The van der Waals surface area contributed by atoms with Crippen molar-refractivity contribution in [3.63, 3.8) is 0 Å². The van der Waals surface area contributed by atoms with Crippen molar-refractivity contribution in [1.82, 2.24) is 10.2 Å². The number of likely N-dealkylation sites (tertiary alicyclic amines) is 1. The molecule has 1 unspecified atom stereocenters. The van der Waals surface area contributed by atoms with Gasteiger partial charge < -0.3 is 4.90 Å². The minimum atomic E-state index is -0.278. The molecule has 1 aromatic carbocycles. The Morgan fingerprint density at radius 1 is 1.46 bits per heavy atom.